The van der Waals surface area contributed by atoms with Gasteiger partial charge in [0, 0.05) is 29.0 Å². The molecule has 7 heteroatoms. The highest BCUT2D eigenvalue weighted by Gasteiger charge is 2.14. The van der Waals surface area contributed by atoms with Crippen LogP contribution >= 0.6 is 11.3 Å². The maximum Gasteiger partial charge on any atom is 0.181 e. The molecule has 6 nitrogen and oxygen atoms in total. The lowest BCUT2D eigenvalue weighted by Crippen LogP contribution is -1.89. The van der Waals surface area contributed by atoms with Gasteiger partial charge in [-0.2, -0.15) is 5.10 Å². The van der Waals surface area contributed by atoms with E-state index in [9.17, 15) is 0 Å². The van der Waals surface area contributed by atoms with E-state index in [4.69, 9.17) is 0 Å². The minimum Gasteiger partial charge on any atom is -0.323 e. The molecule has 4 rings (SSSR count). The second-order valence-electron chi connectivity index (χ2n) is 5.59. The predicted octanol–water partition coefficient (Wildman–Crippen LogP) is 3.60. The van der Waals surface area contributed by atoms with E-state index in [-0.39, 0.29) is 0 Å². The van der Waals surface area contributed by atoms with Crippen molar-refractivity contribution >= 4 is 22.4 Å². The highest BCUT2D eigenvalue weighted by atomic mass is 32.1. The van der Waals surface area contributed by atoms with Crippen LogP contribution < -0.4 is 5.32 Å². The summed E-state index contributed by atoms with van der Waals surface area (Å²) in [5.74, 6) is 0. The third-order valence-corrected chi connectivity index (χ3v) is 4.78. The quantitative estimate of drug-likeness (QED) is 0.576. The number of hydrogen-bond acceptors (Lipinski definition) is 6. The minimum atomic E-state index is 0.741. The van der Waals surface area contributed by atoms with Gasteiger partial charge >= 0.3 is 0 Å². The third kappa shape index (κ3) is 3.57. The summed E-state index contributed by atoms with van der Waals surface area (Å²) in [5, 5.41) is 12.0. The zero-order valence-electron chi connectivity index (χ0n) is 14.7. The van der Waals surface area contributed by atoms with Crippen LogP contribution in [0.2, 0.25) is 0 Å². The topological polar surface area (TPSA) is 79.4 Å². The zero-order valence-corrected chi connectivity index (χ0v) is 15.5. The summed E-state index contributed by atoms with van der Waals surface area (Å²) in [6.07, 6.45) is 3.59. The van der Waals surface area contributed by atoms with Crippen LogP contribution in [-0.4, -0.2) is 39.2 Å². The maximum absolute atomic E-state index is 4.65. The van der Waals surface area contributed by atoms with Crippen molar-refractivity contribution in [2.45, 2.75) is 13.8 Å². The molecule has 4 aromatic heterocycles. The molecule has 25 heavy (non-hydrogen) atoms. The minimum absolute atomic E-state index is 0.741. The van der Waals surface area contributed by atoms with Crippen molar-refractivity contribution in [3.63, 3.8) is 0 Å². The summed E-state index contributed by atoms with van der Waals surface area (Å²) in [6.45, 7) is 4.00. The first-order valence-electron chi connectivity index (χ1n) is 7.92. The highest BCUT2D eigenvalue weighted by molar-refractivity contribution is 7.18. The van der Waals surface area contributed by atoms with Gasteiger partial charge in [0.05, 0.1) is 16.3 Å². The summed E-state index contributed by atoms with van der Waals surface area (Å²) >= 11 is 1.63. The van der Waals surface area contributed by atoms with Gasteiger partial charge in [0.1, 0.15) is 5.01 Å². The van der Waals surface area contributed by atoms with Crippen LogP contribution in [0.15, 0.2) is 36.7 Å². The Balaban J connectivity index is 0.000000569. The van der Waals surface area contributed by atoms with Crippen LogP contribution in [0.4, 0.5) is 0 Å². The molecule has 0 atom stereocenters. The van der Waals surface area contributed by atoms with E-state index in [0.717, 1.165) is 43.6 Å². The van der Waals surface area contributed by atoms with E-state index in [1.165, 1.54) is 0 Å². The Morgan fingerprint density at radius 2 is 1.88 bits per heavy atom. The molecule has 0 amide bonds. The van der Waals surface area contributed by atoms with E-state index >= 15 is 0 Å². The Labute approximate surface area is 150 Å². The van der Waals surface area contributed by atoms with E-state index in [2.05, 4.69) is 36.5 Å². The molecular formula is C18H20N6S. The van der Waals surface area contributed by atoms with Gasteiger partial charge in [-0.25, -0.2) is 9.97 Å². The lowest BCUT2D eigenvalue weighted by Gasteiger charge is -1.97. The number of aryl methyl sites for hydroxylation is 2. The molecule has 2 N–H and O–H groups in total. The Bertz CT molecular complexity index is 974. The fourth-order valence-electron chi connectivity index (χ4n) is 2.40. The van der Waals surface area contributed by atoms with Crippen molar-refractivity contribution in [2.75, 3.05) is 14.1 Å². The van der Waals surface area contributed by atoms with Gasteiger partial charge in [-0.3, -0.25) is 10.1 Å². The second-order valence-corrected chi connectivity index (χ2v) is 6.59. The molecule has 4 aromatic rings. The maximum atomic E-state index is 4.65. The van der Waals surface area contributed by atoms with Crippen LogP contribution in [0, 0.1) is 13.8 Å². The molecule has 0 fully saturated rings. The SMILES string of the molecule is CNC.Cc1nc(-c2cccnc2)sc1-c1ccc2c(C)[nH]nc2n1. The van der Waals surface area contributed by atoms with Gasteiger partial charge in [-0.1, -0.05) is 0 Å². The fraction of sp³-hybridized carbons (Fsp3) is 0.222. The summed E-state index contributed by atoms with van der Waals surface area (Å²) in [4.78, 5) is 14.5. The number of aromatic nitrogens is 5. The Morgan fingerprint density at radius 3 is 2.60 bits per heavy atom. The Hall–Kier alpha value is -2.64. The summed E-state index contributed by atoms with van der Waals surface area (Å²) in [6, 6.07) is 8.02. The molecular weight excluding hydrogens is 332 g/mol. The van der Waals surface area contributed by atoms with Crippen molar-refractivity contribution in [2.24, 2.45) is 0 Å². The number of nitrogens with zero attached hydrogens (tertiary/aromatic N) is 4. The van der Waals surface area contributed by atoms with E-state index in [0.29, 0.717) is 0 Å². The van der Waals surface area contributed by atoms with E-state index in [1.54, 1.807) is 17.5 Å². The average Bonchev–Trinajstić information content (AvgIpc) is 3.19. The van der Waals surface area contributed by atoms with Crippen molar-refractivity contribution < 1.29 is 0 Å². The number of aromatic amines is 1. The van der Waals surface area contributed by atoms with Crippen molar-refractivity contribution in [1.82, 2.24) is 30.5 Å². The number of fused-ring (bicyclic) bond motifs is 1. The molecule has 4 heterocycles. The lowest BCUT2D eigenvalue weighted by molar-refractivity contribution is 1.02. The lowest BCUT2D eigenvalue weighted by atomic mass is 10.2. The second kappa shape index (κ2) is 7.50. The Morgan fingerprint density at radius 1 is 1.08 bits per heavy atom. The van der Waals surface area contributed by atoms with Gasteiger partial charge in [-0.15, -0.1) is 11.3 Å². The Kier molecular flexibility index (Phi) is 5.16. The molecule has 0 saturated heterocycles. The standard InChI is InChI=1S/C16H13N5S.C2H7N/c1-9-12-5-6-13(19-15(12)21-20-9)14-10(2)18-16(22-14)11-4-3-7-17-8-11;1-3-2/h3-8H,1-2H3,(H,19,20,21);3H,1-2H3. The molecule has 0 aliphatic rings. The molecule has 0 saturated carbocycles. The number of hydrogen-bond donors (Lipinski definition) is 2. The molecule has 0 aliphatic heterocycles. The van der Waals surface area contributed by atoms with Gasteiger partial charge in [0.2, 0.25) is 0 Å². The third-order valence-electron chi connectivity index (χ3n) is 3.55. The smallest absolute Gasteiger partial charge is 0.181 e. The van der Waals surface area contributed by atoms with Crippen molar-refractivity contribution in [3.8, 4) is 21.1 Å². The predicted molar refractivity (Wildman–Crippen MR) is 103 cm³/mol. The largest absolute Gasteiger partial charge is 0.323 e. The molecule has 0 aromatic carbocycles. The number of pyridine rings is 2. The van der Waals surface area contributed by atoms with Crippen LogP contribution in [0.25, 0.3) is 32.2 Å². The molecule has 0 aliphatic carbocycles. The summed E-state index contributed by atoms with van der Waals surface area (Å²) < 4.78 is 0. The van der Waals surface area contributed by atoms with Crippen LogP contribution in [-0.2, 0) is 0 Å². The van der Waals surface area contributed by atoms with Crippen LogP contribution in [0.1, 0.15) is 11.4 Å². The van der Waals surface area contributed by atoms with Crippen molar-refractivity contribution in [3.05, 3.63) is 48.0 Å². The summed E-state index contributed by atoms with van der Waals surface area (Å²) in [7, 11) is 3.75. The first kappa shape index (κ1) is 17.2. The fourth-order valence-corrected chi connectivity index (χ4v) is 3.42. The molecule has 0 bridgehead atoms. The van der Waals surface area contributed by atoms with E-state index < -0.39 is 0 Å². The van der Waals surface area contributed by atoms with Gasteiger partial charge < -0.3 is 5.32 Å². The molecule has 0 spiro atoms. The number of thiazole rings is 1. The monoisotopic (exact) mass is 352 g/mol. The summed E-state index contributed by atoms with van der Waals surface area (Å²) in [5.41, 5.74) is 4.68. The zero-order chi connectivity index (χ0) is 17.8. The molecule has 0 radical (unpaired) electrons. The number of rotatable bonds is 2. The average molecular weight is 352 g/mol. The molecule has 0 unspecified atom stereocenters. The van der Waals surface area contributed by atoms with Gasteiger partial charge in [-0.05, 0) is 52.2 Å². The van der Waals surface area contributed by atoms with Gasteiger partial charge in [0.25, 0.3) is 0 Å². The van der Waals surface area contributed by atoms with Crippen LogP contribution in [0.5, 0.6) is 0 Å². The first-order chi connectivity index (χ1) is 12.1. The van der Waals surface area contributed by atoms with Crippen molar-refractivity contribution in [1.29, 1.82) is 0 Å². The number of nitrogens with one attached hydrogen (secondary N) is 2. The first-order valence-corrected chi connectivity index (χ1v) is 8.74. The van der Waals surface area contributed by atoms with Gasteiger partial charge in [0.15, 0.2) is 5.65 Å². The molecule has 128 valence electrons. The number of H-pyrrole nitrogens is 1. The van der Waals surface area contributed by atoms with Crippen LogP contribution in [0.3, 0.4) is 0 Å². The highest BCUT2D eigenvalue weighted by Crippen LogP contribution is 2.34. The normalized spacial score (nSPS) is 10.6. The van der Waals surface area contributed by atoms with E-state index in [1.807, 2.05) is 52.3 Å².